The number of carbonyl (C=O) groups excluding carboxylic acids is 2. The summed E-state index contributed by atoms with van der Waals surface area (Å²) in [6.45, 7) is 4.22. The summed E-state index contributed by atoms with van der Waals surface area (Å²) in [6.07, 6.45) is 1.56. The predicted molar refractivity (Wildman–Crippen MR) is 114 cm³/mol. The number of pyridine rings is 1. The Balaban J connectivity index is 2.09. The first-order valence-electron chi connectivity index (χ1n) is 9.92. The molecule has 2 heterocycles. The fourth-order valence-electron chi connectivity index (χ4n) is 3.48. The van der Waals surface area contributed by atoms with Crippen LogP contribution in [0.1, 0.15) is 31.1 Å². The van der Waals surface area contributed by atoms with Gasteiger partial charge in [0.25, 0.3) is 11.7 Å². The molecule has 1 fully saturated rings. The van der Waals surface area contributed by atoms with Crippen LogP contribution in [0.5, 0.6) is 11.5 Å². The van der Waals surface area contributed by atoms with E-state index in [1.807, 2.05) is 13.8 Å². The summed E-state index contributed by atoms with van der Waals surface area (Å²) in [5, 5.41) is 11.1. The molecule has 0 bridgehead atoms. The highest BCUT2D eigenvalue weighted by Gasteiger charge is 2.46. The van der Waals surface area contributed by atoms with Crippen molar-refractivity contribution in [2.24, 2.45) is 0 Å². The Morgan fingerprint density at radius 2 is 1.87 bits per heavy atom. The lowest BCUT2D eigenvalue weighted by molar-refractivity contribution is -0.140. The smallest absolute Gasteiger partial charge is 0.295 e. The van der Waals surface area contributed by atoms with Gasteiger partial charge in [0.1, 0.15) is 11.8 Å². The van der Waals surface area contributed by atoms with Crippen molar-refractivity contribution in [3.63, 3.8) is 0 Å². The van der Waals surface area contributed by atoms with Gasteiger partial charge in [-0.3, -0.25) is 14.6 Å². The Bertz CT molecular complexity index is 987. The van der Waals surface area contributed by atoms with E-state index in [0.717, 1.165) is 0 Å². The fraction of sp³-hybridized carbons (Fsp3) is 0.348. The molecule has 1 amide bonds. The number of Topliss-reactive ketones (excluding diaryl/α,β-unsaturated/α-hetero) is 1. The first kappa shape index (κ1) is 22.3. The van der Waals surface area contributed by atoms with Gasteiger partial charge in [0, 0.05) is 18.3 Å². The number of rotatable bonds is 8. The van der Waals surface area contributed by atoms with Crippen molar-refractivity contribution in [1.29, 1.82) is 0 Å². The minimum absolute atomic E-state index is 0.0168. The van der Waals surface area contributed by atoms with Crippen molar-refractivity contribution in [2.45, 2.75) is 26.0 Å². The zero-order chi connectivity index (χ0) is 22.5. The Morgan fingerprint density at radius 1 is 1.13 bits per heavy atom. The van der Waals surface area contributed by atoms with Crippen LogP contribution in [0.3, 0.4) is 0 Å². The second-order valence-corrected chi connectivity index (χ2v) is 7.24. The van der Waals surface area contributed by atoms with E-state index < -0.39 is 17.7 Å². The molecule has 1 aromatic carbocycles. The number of aliphatic hydroxyl groups is 1. The lowest BCUT2D eigenvalue weighted by atomic mass is 9.98. The second-order valence-electron chi connectivity index (χ2n) is 7.24. The molecule has 1 saturated heterocycles. The van der Waals surface area contributed by atoms with Crippen molar-refractivity contribution < 1.29 is 28.9 Å². The number of hydrogen-bond donors (Lipinski definition) is 1. The lowest BCUT2D eigenvalue weighted by Crippen LogP contribution is -2.33. The summed E-state index contributed by atoms with van der Waals surface area (Å²) in [4.78, 5) is 31.5. The van der Waals surface area contributed by atoms with Crippen LogP contribution in [-0.4, -0.2) is 60.2 Å². The van der Waals surface area contributed by atoms with Crippen LogP contribution >= 0.6 is 0 Å². The first-order chi connectivity index (χ1) is 14.9. The third-order valence-corrected chi connectivity index (χ3v) is 4.95. The molecule has 1 unspecified atom stereocenters. The largest absolute Gasteiger partial charge is 0.507 e. The van der Waals surface area contributed by atoms with Gasteiger partial charge in [-0.05, 0) is 44.2 Å². The zero-order valence-corrected chi connectivity index (χ0v) is 18.0. The van der Waals surface area contributed by atoms with E-state index in [9.17, 15) is 14.7 Å². The highest BCUT2D eigenvalue weighted by atomic mass is 16.5. The molecule has 0 radical (unpaired) electrons. The maximum Gasteiger partial charge on any atom is 0.295 e. The number of methoxy groups -OCH3 is 2. The number of ether oxygens (including phenoxy) is 3. The van der Waals surface area contributed by atoms with E-state index in [0.29, 0.717) is 22.8 Å². The van der Waals surface area contributed by atoms with E-state index in [-0.39, 0.29) is 30.6 Å². The molecule has 1 N–H and O–H groups in total. The van der Waals surface area contributed by atoms with Gasteiger partial charge in [-0.1, -0.05) is 6.07 Å². The van der Waals surface area contributed by atoms with Crippen LogP contribution in [0, 0.1) is 0 Å². The van der Waals surface area contributed by atoms with E-state index >= 15 is 0 Å². The number of amides is 1. The van der Waals surface area contributed by atoms with Crippen molar-refractivity contribution >= 4 is 17.4 Å². The lowest BCUT2D eigenvalue weighted by Gasteiger charge is -2.24. The van der Waals surface area contributed by atoms with Crippen LogP contribution in [-0.2, 0) is 14.3 Å². The van der Waals surface area contributed by atoms with Crippen LogP contribution < -0.4 is 9.47 Å². The molecule has 164 valence electrons. The van der Waals surface area contributed by atoms with E-state index in [1.54, 1.807) is 42.6 Å². The van der Waals surface area contributed by atoms with Gasteiger partial charge in [0.2, 0.25) is 0 Å². The van der Waals surface area contributed by atoms with Crippen LogP contribution in [0.2, 0.25) is 0 Å². The van der Waals surface area contributed by atoms with Gasteiger partial charge in [0.15, 0.2) is 11.5 Å². The quantitative estimate of drug-likeness (QED) is 0.394. The number of aliphatic hydroxyl groups excluding tert-OH is 1. The molecule has 1 aliphatic rings. The molecular formula is C23H26N2O6. The summed E-state index contributed by atoms with van der Waals surface area (Å²) in [5.41, 5.74) is 0.781. The van der Waals surface area contributed by atoms with Crippen molar-refractivity contribution in [3.05, 3.63) is 59.4 Å². The predicted octanol–water partition coefficient (Wildman–Crippen LogP) is 2.95. The summed E-state index contributed by atoms with van der Waals surface area (Å²) in [5.74, 6) is -0.910. The molecule has 0 spiro atoms. The molecular weight excluding hydrogens is 400 g/mol. The van der Waals surface area contributed by atoms with E-state index in [1.165, 1.54) is 19.1 Å². The van der Waals surface area contributed by atoms with E-state index in [4.69, 9.17) is 14.2 Å². The molecule has 0 saturated carbocycles. The molecule has 0 aliphatic carbocycles. The second kappa shape index (κ2) is 9.61. The fourth-order valence-corrected chi connectivity index (χ4v) is 3.48. The van der Waals surface area contributed by atoms with Crippen LogP contribution in [0.15, 0.2) is 48.2 Å². The molecule has 1 aromatic heterocycles. The summed E-state index contributed by atoms with van der Waals surface area (Å²) >= 11 is 0. The topological polar surface area (TPSA) is 98.2 Å². The SMILES string of the molecule is COc1ccc(/C(O)=C2/C(=O)C(=O)N(CCOC(C)C)C2c2ccccn2)cc1OC. The van der Waals surface area contributed by atoms with Crippen molar-refractivity contribution in [1.82, 2.24) is 9.88 Å². The average molecular weight is 426 g/mol. The van der Waals surface area contributed by atoms with Crippen molar-refractivity contribution in [3.8, 4) is 11.5 Å². The van der Waals surface area contributed by atoms with Gasteiger partial charge in [-0.2, -0.15) is 0 Å². The molecule has 31 heavy (non-hydrogen) atoms. The normalized spacial score (nSPS) is 18.0. The average Bonchev–Trinajstić information content (AvgIpc) is 3.03. The minimum atomic E-state index is -0.829. The Labute approximate surface area is 181 Å². The molecule has 1 atom stereocenters. The number of ketones is 1. The molecule has 8 nitrogen and oxygen atoms in total. The zero-order valence-electron chi connectivity index (χ0n) is 18.0. The van der Waals surface area contributed by atoms with Crippen LogP contribution in [0.4, 0.5) is 0 Å². The van der Waals surface area contributed by atoms with Crippen LogP contribution in [0.25, 0.3) is 5.76 Å². The molecule has 1 aliphatic heterocycles. The molecule has 8 heteroatoms. The van der Waals surface area contributed by atoms with Gasteiger partial charge in [-0.25, -0.2) is 0 Å². The maximum absolute atomic E-state index is 13.0. The first-order valence-corrected chi connectivity index (χ1v) is 9.92. The number of nitrogens with zero attached hydrogens (tertiary/aromatic N) is 2. The van der Waals surface area contributed by atoms with Crippen molar-refractivity contribution in [2.75, 3.05) is 27.4 Å². The summed E-state index contributed by atoms with van der Waals surface area (Å²) in [7, 11) is 2.98. The van der Waals surface area contributed by atoms with Gasteiger partial charge in [0.05, 0.1) is 38.2 Å². The number of carbonyl (C=O) groups is 2. The highest BCUT2D eigenvalue weighted by molar-refractivity contribution is 6.46. The number of benzene rings is 1. The molecule has 2 aromatic rings. The van der Waals surface area contributed by atoms with Gasteiger partial charge in [-0.15, -0.1) is 0 Å². The Hall–Kier alpha value is -3.39. The Morgan fingerprint density at radius 3 is 2.48 bits per heavy atom. The van der Waals surface area contributed by atoms with Gasteiger partial charge >= 0.3 is 0 Å². The molecule has 3 rings (SSSR count). The van der Waals surface area contributed by atoms with Gasteiger partial charge < -0.3 is 24.2 Å². The summed E-state index contributed by atoms with van der Waals surface area (Å²) < 4.78 is 16.1. The monoisotopic (exact) mass is 426 g/mol. The summed E-state index contributed by atoms with van der Waals surface area (Å²) in [6, 6.07) is 9.17. The van der Waals surface area contributed by atoms with E-state index in [2.05, 4.69) is 4.98 Å². The number of likely N-dealkylation sites (tertiary alicyclic amines) is 1. The highest BCUT2D eigenvalue weighted by Crippen LogP contribution is 2.39. The Kier molecular flexibility index (Phi) is 6.91. The third kappa shape index (κ3) is 4.54. The third-order valence-electron chi connectivity index (χ3n) is 4.95. The maximum atomic E-state index is 13.0. The number of aromatic nitrogens is 1. The minimum Gasteiger partial charge on any atom is -0.507 e. The number of hydrogen-bond acceptors (Lipinski definition) is 7. The standard InChI is InChI=1S/C23H26N2O6/c1-14(2)31-12-11-25-20(16-7-5-6-10-24-16)19(22(27)23(25)28)21(26)15-8-9-17(29-3)18(13-15)30-4/h5-10,13-14,20,26H,11-12H2,1-4H3/b21-19-.